The molecule has 2 aliphatic heterocycles. The molecule has 3 rings (SSSR count). The van der Waals surface area contributed by atoms with Gasteiger partial charge in [-0.2, -0.15) is 5.10 Å². The maximum absolute atomic E-state index is 11.0. The lowest BCUT2D eigenvalue weighted by molar-refractivity contribution is -0.121. The Bertz CT molecular complexity index is 472. The molecule has 1 amide bonds. The summed E-state index contributed by atoms with van der Waals surface area (Å²) >= 11 is 0. The van der Waals surface area contributed by atoms with Crippen molar-refractivity contribution in [1.29, 1.82) is 0 Å². The summed E-state index contributed by atoms with van der Waals surface area (Å²) in [5.74, 6) is 0.00689. The van der Waals surface area contributed by atoms with E-state index in [1.165, 1.54) is 18.5 Å². The lowest BCUT2D eigenvalue weighted by Crippen LogP contribution is -2.26. The van der Waals surface area contributed by atoms with Crippen molar-refractivity contribution in [1.82, 2.24) is 5.43 Å². The van der Waals surface area contributed by atoms with E-state index < -0.39 is 0 Å². The predicted molar refractivity (Wildman–Crippen MR) is 71.8 cm³/mol. The number of carbonyl (C=O) groups excluding carboxylic acids is 1. The Morgan fingerprint density at radius 2 is 1.78 bits per heavy atom. The van der Waals surface area contributed by atoms with Crippen LogP contribution in [0.4, 0.5) is 5.69 Å². The molecule has 0 aliphatic carbocycles. The van der Waals surface area contributed by atoms with Crippen LogP contribution in [0, 0.1) is 0 Å². The number of hydrogen-bond acceptors (Lipinski definition) is 3. The first-order valence-electron chi connectivity index (χ1n) is 6.54. The summed E-state index contributed by atoms with van der Waals surface area (Å²) in [5.41, 5.74) is 5.91. The van der Waals surface area contributed by atoms with Crippen LogP contribution in [0.3, 0.4) is 0 Å². The minimum atomic E-state index is 0.00689. The van der Waals surface area contributed by atoms with Crippen LogP contribution in [0.2, 0.25) is 0 Å². The highest BCUT2D eigenvalue weighted by atomic mass is 16.2. The van der Waals surface area contributed by atoms with Gasteiger partial charge < -0.3 is 4.90 Å². The fraction of sp³-hybridized carbons (Fsp3) is 0.429. The Morgan fingerprint density at radius 1 is 1.06 bits per heavy atom. The molecule has 1 aromatic rings. The average Bonchev–Trinajstić information content (AvgIpc) is 2.94. The lowest BCUT2D eigenvalue weighted by Gasteiger charge is -2.18. The van der Waals surface area contributed by atoms with E-state index in [2.05, 4.69) is 39.7 Å². The predicted octanol–water partition coefficient (Wildman–Crippen LogP) is 1.90. The van der Waals surface area contributed by atoms with Crippen LogP contribution >= 0.6 is 0 Å². The summed E-state index contributed by atoms with van der Waals surface area (Å²) < 4.78 is 0. The molecular formula is C14H17N3O. The minimum absolute atomic E-state index is 0.00689. The second-order valence-corrected chi connectivity index (χ2v) is 4.83. The summed E-state index contributed by atoms with van der Waals surface area (Å²) in [7, 11) is 0. The highest BCUT2D eigenvalue weighted by Gasteiger charge is 2.15. The average molecular weight is 243 g/mol. The number of benzene rings is 1. The zero-order valence-corrected chi connectivity index (χ0v) is 10.4. The zero-order chi connectivity index (χ0) is 12.4. The first kappa shape index (κ1) is 11.3. The molecule has 0 radical (unpaired) electrons. The van der Waals surface area contributed by atoms with Gasteiger partial charge in [0.25, 0.3) is 0 Å². The van der Waals surface area contributed by atoms with Gasteiger partial charge in [-0.15, -0.1) is 0 Å². The van der Waals surface area contributed by atoms with Crippen molar-refractivity contribution >= 4 is 17.3 Å². The molecule has 1 aromatic carbocycles. The van der Waals surface area contributed by atoms with E-state index in [0.29, 0.717) is 6.42 Å². The molecule has 1 saturated heterocycles. The molecule has 4 heteroatoms. The zero-order valence-electron chi connectivity index (χ0n) is 10.4. The number of hydrazone groups is 1. The minimum Gasteiger partial charge on any atom is -0.372 e. The molecule has 2 heterocycles. The second-order valence-electron chi connectivity index (χ2n) is 4.83. The van der Waals surface area contributed by atoms with Gasteiger partial charge >= 0.3 is 0 Å². The molecule has 94 valence electrons. The number of nitrogens with one attached hydrogen (secondary N) is 1. The van der Waals surface area contributed by atoms with E-state index >= 15 is 0 Å². The first-order chi connectivity index (χ1) is 8.83. The van der Waals surface area contributed by atoms with E-state index in [9.17, 15) is 4.79 Å². The SMILES string of the molecule is O=C1CCC(c2ccc(N3CCCC3)cc2)=NN1. The highest BCUT2D eigenvalue weighted by molar-refractivity contribution is 6.04. The smallest absolute Gasteiger partial charge is 0.240 e. The van der Waals surface area contributed by atoms with Gasteiger partial charge in [0.2, 0.25) is 5.91 Å². The summed E-state index contributed by atoms with van der Waals surface area (Å²) in [6.45, 7) is 2.33. The van der Waals surface area contributed by atoms with Crippen molar-refractivity contribution in [2.75, 3.05) is 18.0 Å². The second kappa shape index (κ2) is 4.80. The molecular weight excluding hydrogens is 226 g/mol. The van der Waals surface area contributed by atoms with E-state index in [-0.39, 0.29) is 5.91 Å². The molecule has 0 atom stereocenters. The van der Waals surface area contributed by atoms with Crippen LogP contribution in [0.1, 0.15) is 31.2 Å². The van der Waals surface area contributed by atoms with Crippen molar-refractivity contribution in [3.05, 3.63) is 29.8 Å². The normalized spacial score (nSPS) is 19.7. The van der Waals surface area contributed by atoms with Crippen molar-refractivity contribution in [3.63, 3.8) is 0 Å². The van der Waals surface area contributed by atoms with Crippen LogP contribution < -0.4 is 10.3 Å². The van der Waals surface area contributed by atoms with Crippen LogP contribution in [-0.2, 0) is 4.79 Å². The summed E-state index contributed by atoms with van der Waals surface area (Å²) in [5, 5.41) is 4.11. The molecule has 4 nitrogen and oxygen atoms in total. The molecule has 1 N–H and O–H groups in total. The topological polar surface area (TPSA) is 44.7 Å². The van der Waals surface area contributed by atoms with Gasteiger partial charge in [0.15, 0.2) is 0 Å². The summed E-state index contributed by atoms with van der Waals surface area (Å²) in [6.07, 6.45) is 3.85. The fourth-order valence-electron chi connectivity index (χ4n) is 2.52. The number of carbonyl (C=O) groups is 1. The Kier molecular flexibility index (Phi) is 3.00. The Labute approximate surface area is 107 Å². The van der Waals surface area contributed by atoms with E-state index in [1.54, 1.807) is 0 Å². The van der Waals surface area contributed by atoms with E-state index in [0.717, 1.165) is 30.8 Å². The van der Waals surface area contributed by atoms with Crippen molar-refractivity contribution in [3.8, 4) is 0 Å². The van der Waals surface area contributed by atoms with Crippen molar-refractivity contribution in [2.45, 2.75) is 25.7 Å². The van der Waals surface area contributed by atoms with Crippen LogP contribution in [0.15, 0.2) is 29.4 Å². The van der Waals surface area contributed by atoms with Gasteiger partial charge in [-0.3, -0.25) is 4.79 Å². The fourth-order valence-corrected chi connectivity index (χ4v) is 2.52. The quantitative estimate of drug-likeness (QED) is 0.862. The highest BCUT2D eigenvalue weighted by Crippen LogP contribution is 2.21. The monoisotopic (exact) mass is 243 g/mol. The third kappa shape index (κ3) is 2.23. The van der Waals surface area contributed by atoms with E-state index in [4.69, 9.17) is 0 Å². The molecule has 0 bridgehead atoms. The molecule has 18 heavy (non-hydrogen) atoms. The molecule has 0 unspecified atom stereocenters. The first-order valence-corrected chi connectivity index (χ1v) is 6.54. The van der Waals surface area contributed by atoms with Gasteiger partial charge in [0.1, 0.15) is 0 Å². The molecule has 0 saturated carbocycles. The number of hydrogen-bond donors (Lipinski definition) is 1. The van der Waals surface area contributed by atoms with Crippen LogP contribution in [0.5, 0.6) is 0 Å². The van der Waals surface area contributed by atoms with Gasteiger partial charge in [-0.25, -0.2) is 5.43 Å². The Balaban J connectivity index is 1.76. The van der Waals surface area contributed by atoms with Gasteiger partial charge in [0, 0.05) is 31.6 Å². The molecule has 1 fully saturated rings. The van der Waals surface area contributed by atoms with Crippen LogP contribution in [0.25, 0.3) is 0 Å². The maximum atomic E-state index is 11.0. The van der Waals surface area contributed by atoms with Gasteiger partial charge in [-0.05, 0) is 30.5 Å². The number of nitrogens with zero attached hydrogens (tertiary/aromatic N) is 2. The molecule has 2 aliphatic rings. The third-order valence-corrected chi connectivity index (χ3v) is 3.58. The summed E-state index contributed by atoms with van der Waals surface area (Å²) in [6, 6.07) is 8.51. The number of amides is 1. The van der Waals surface area contributed by atoms with Gasteiger partial charge in [0.05, 0.1) is 5.71 Å². The van der Waals surface area contributed by atoms with Crippen LogP contribution in [-0.4, -0.2) is 24.7 Å². The number of anilines is 1. The lowest BCUT2D eigenvalue weighted by atomic mass is 10.0. The largest absolute Gasteiger partial charge is 0.372 e. The standard InChI is InChI=1S/C14H17N3O/c18-14-8-7-13(15-16-14)11-3-5-12(6-4-11)17-9-1-2-10-17/h3-6H,1-2,7-10H2,(H,16,18). The molecule has 0 aromatic heterocycles. The van der Waals surface area contributed by atoms with E-state index in [1.807, 2.05) is 0 Å². The molecule has 0 spiro atoms. The maximum Gasteiger partial charge on any atom is 0.240 e. The Hall–Kier alpha value is -1.84. The number of rotatable bonds is 2. The van der Waals surface area contributed by atoms with Crippen molar-refractivity contribution in [2.24, 2.45) is 5.10 Å². The van der Waals surface area contributed by atoms with Gasteiger partial charge in [-0.1, -0.05) is 12.1 Å². The van der Waals surface area contributed by atoms with Crippen molar-refractivity contribution < 1.29 is 4.79 Å². The Morgan fingerprint density at radius 3 is 2.39 bits per heavy atom. The summed E-state index contributed by atoms with van der Waals surface area (Å²) in [4.78, 5) is 13.5. The third-order valence-electron chi connectivity index (χ3n) is 3.58.